The second-order valence-electron chi connectivity index (χ2n) is 8.68. The fourth-order valence-corrected chi connectivity index (χ4v) is 6.82. The summed E-state index contributed by atoms with van der Waals surface area (Å²) in [6, 6.07) is 3.51. The highest BCUT2D eigenvalue weighted by Crippen LogP contribution is 2.47. The Morgan fingerprint density at radius 2 is 1.79 bits per heavy atom. The molecule has 0 saturated carbocycles. The summed E-state index contributed by atoms with van der Waals surface area (Å²) in [4.78, 5) is 61.3. The normalized spacial score (nSPS) is 23.2. The van der Waals surface area contributed by atoms with Crippen molar-refractivity contribution in [3.05, 3.63) is 51.3 Å². The van der Waals surface area contributed by atoms with Gasteiger partial charge in [0.2, 0.25) is 11.6 Å². The van der Waals surface area contributed by atoms with Gasteiger partial charge < -0.3 is 19.1 Å². The number of non-ortho nitro benzene ring substituents is 1. The van der Waals surface area contributed by atoms with Gasteiger partial charge >= 0.3 is 17.9 Å². The lowest BCUT2D eigenvalue weighted by atomic mass is 9.96. The average Bonchev–Trinajstić information content (AvgIpc) is 3.35. The Hall–Kier alpha value is -4.41. The van der Waals surface area contributed by atoms with Gasteiger partial charge in [-0.25, -0.2) is 27.5 Å². The number of fused-ring (bicyclic) bond motifs is 1. The molecule has 0 N–H and O–H groups in total. The Morgan fingerprint density at radius 3 is 2.34 bits per heavy atom. The molecule has 0 radical (unpaired) electrons. The van der Waals surface area contributed by atoms with E-state index in [2.05, 4.69) is 19.8 Å². The van der Waals surface area contributed by atoms with Gasteiger partial charge in [-0.3, -0.25) is 14.9 Å². The highest BCUT2D eigenvalue weighted by molar-refractivity contribution is 7.93. The molecule has 202 valence electrons. The molecule has 0 unspecified atom stereocenters. The van der Waals surface area contributed by atoms with E-state index in [0.717, 1.165) is 23.8 Å². The summed E-state index contributed by atoms with van der Waals surface area (Å²) in [5.41, 5.74) is -0.835. The van der Waals surface area contributed by atoms with Crippen LogP contribution in [-0.2, 0) is 46.8 Å². The summed E-state index contributed by atoms with van der Waals surface area (Å²) in [6.07, 6.45) is -0.349. The zero-order valence-electron chi connectivity index (χ0n) is 20.2. The summed E-state index contributed by atoms with van der Waals surface area (Å²) in [7, 11) is -2.18. The van der Waals surface area contributed by atoms with Gasteiger partial charge in [-0.1, -0.05) is 5.21 Å². The zero-order chi connectivity index (χ0) is 28.0. The molecule has 2 aliphatic rings. The quantitative estimate of drug-likeness (QED) is 0.135. The Morgan fingerprint density at radius 1 is 1.16 bits per heavy atom. The number of nitro benzene ring substituents is 1. The molecule has 2 fully saturated rings. The van der Waals surface area contributed by atoms with Crippen LogP contribution in [0, 0.1) is 10.1 Å². The lowest BCUT2D eigenvalue weighted by Gasteiger charge is -2.36. The molecule has 0 bridgehead atoms. The van der Waals surface area contributed by atoms with Crippen molar-refractivity contribution in [2.75, 3.05) is 14.2 Å². The van der Waals surface area contributed by atoms with Crippen LogP contribution in [0.5, 0.6) is 0 Å². The maximum atomic E-state index is 13.5. The Kier molecular flexibility index (Phi) is 6.64. The molecule has 16 nitrogen and oxygen atoms in total. The summed E-state index contributed by atoms with van der Waals surface area (Å²) in [5, 5.41) is 16.9. The van der Waals surface area contributed by atoms with Crippen LogP contribution in [0.2, 0.25) is 0 Å². The maximum Gasteiger partial charge on any atom is 0.361 e. The lowest BCUT2D eigenvalue weighted by Crippen LogP contribution is -2.58. The van der Waals surface area contributed by atoms with Crippen LogP contribution >= 0.6 is 0 Å². The van der Waals surface area contributed by atoms with Crippen molar-refractivity contribution in [1.29, 1.82) is 0 Å². The molecule has 2 aromatic rings. The van der Waals surface area contributed by atoms with Crippen molar-refractivity contribution < 1.29 is 46.7 Å². The second-order valence-corrected chi connectivity index (χ2v) is 11.2. The molecule has 2 saturated heterocycles. The fraction of sp³-hybridized carbons (Fsp3) is 0.429. The van der Waals surface area contributed by atoms with Gasteiger partial charge in [0.05, 0.1) is 32.1 Å². The number of carbonyl (C=O) groups excluding carboxylic acids is 4. The topological polar surface area (TPSA) is 207 Å². The first kappa shape index (κ1) is 26.6. The molecule has 3 atom stereocenters. The standard InChI is InChI=1S/C21H21N5O11S/c1-21(10-24-16(19(29)36-3)15(22-23-24)18(28)35-2)17(25-13(27)8-14(25)38(21,33)34)20(30)37-9-11-4-6-12(7-5-11)26(31)32/h4-7,14,17H,8-10H2,1-3H3/t14-,17+,21+/m1/s1. The molecule has 1 aromatic heterocycles. The van der Waals surface area contributed by atoms with E-state index in [1.807, 2.05) is 0 Å². The largest absolute Gasteiger partial charge is 0.464 e. The van der Waals surface area contributed by atoms with Crippen LogP contribution in [0.15, 0.2) is 24.3 Å². The van der Waals surface area contributed by atoms with Crippen LogP contribution in [-0.4, -0.2) is 87.4 Å². The van der Waals surface area contributed by atoms with E-state index in [0.29, 0.717) is 5.56 Å². The van der Waals surface area contributed by atoms with Crippen LogP contribution in [0.25, 0.3) is 0 Å². The minimum absolute atomic E-state index is 0.177. The molecule has 1 amide bonds. The highest BCUT2D eigenvalue weighted by Gasteiger charge is 2.70. The van der Waals surface area contributed by atoms with Crippen molar-refractivity contribution >= 4 is 39.3 Å². The average molecular weight is 551 g/mol. The van der Waals surface area contributed by atoms with Crippen molar-refractivity contribution in [3.8, 4) is 0 Å². The Bertz CT molecular complexity index is 1450. The fourth-order valence-electron chi connectivity index (χ4n) is 4.47. The number of hydrogen-bond donors (Lipinski definition) is 0. The number of methoxy groups -OCH3 is 2. The number of nitrogens with zero attached hydrogens (tertiary/aromatic N) is 5. The number of nitro groups is 1. The number of amides is 1. The van der Waals surface area contributed by atoms with Crippen molar-refractivity contribution in [2.24, 2.45) is 0 Å². The molecular weight excluding hydrogens is 530 g/mol. The number of β-lactam (4-membered cyclic amide) rings is 1. The highest BCUT2D eigenvalue weighted by atomic mass is 32.2. The van der Waals surface area contributed by atoms with Gasteiger partial charge in [0.1, 0.15) is 16.7 Å². The van der Waals surface area contributed by atoms with E-state index < -0.39 is 72.7 Å². The molecular formula is C21H21N5O11S. The van der Waals surface area contributed by atoms with Crippen molar-refractivity contribution in [3.63, 3.8) is 0 Å². The second kappa shape index (κ2) is 9.47. The maximum absolute atomic E-state index is 13.5. The van der Waals surface area contributed by atoms with E-state index >= 15 is 0 Å². The molecule has 4 rings (SSSR count). The SMILES string of the molecule is COC(=O)c1nnn(C[C@@]2(C)[C@H](C(=O)OCc3ccc([N+](=O)[O-])cc3)N3C(=O)C[C@H]3S2(=O)=O)c1C(=O)OC. The van der Waals surface area contributed by atoms with Crippen LogP contribution < -0.4 is 0 Å². The van der Waals surface area contributed by atoms with Crippen LogP contribution in [0.1, 0.15) is 39.9 Å². The predicted octanol–water partition coefficient (Wildman–Crippen LogP) is -0.383. The molecule has 0 aliphatic carbocycles. The first-order valence-electron chi connectivity index (χ1n) is 10.9. The summed E-state index contributed by atoms with van der Waals surface area (Å²) >= 11 is 0. The zero-order valence-corrected chi connectivity index (χ0v) is 21.0. The first-order chi connectivity index (χ1) is 17.9. The molecule has 2 aliphatic heterocycles. The molecule has 3 heterocycles. The third-order valence-corrected chi connectivity index (χ3v) is 9.28. The number of esters is 3. The van der Waals surface area contributed by atoms with Gasteiger partial charge in [-0.15, -0.1) is 5.10 Å². The summed E-state index contributed by atoms with van der Waals surface area (Å²) < 4.78 is 40.4. The third kappa shape index (κ3) is 4.04. The van der Waals surface area contributed by atoms with Crippen molar-refractivity contribution in [1.82, 2.24) is 19.9 Å². The number of ether oxygens (including phenoxy) is 3. The third-order valence-electron chi connectivity index (χ3n) is 6.52. The van der Waals surface area contributed by atoms with Gasteiger partial charge in [0, 0.05) is 12.1 Å². The monoisotopic (exact) mass is 551 g/mol. The Labute approximate surface area is 214 Å². The van der Waals surface area contributed by atoms with Gasteiger partial charge in [0.25, 0.3) is 5.69 Å². The van der Waals surface area contributed by atoms with Crippen molar-refractivity contribution in [2.45, 2.75) is 42.7 Å². The van der Waals surface area contributed by atoms with Gasteiger partial charge in [0.15, 0.2) is 21.6 Å². The number of sulfone groups is 1. The van der Waals surface area contributed by atoms with E-state index in [4.69, 9.17) is 4.74 Å². The van der Waals surface area contributed by atoms with Gasteiger partial charge in [-0.05, 0) is 24.6 Å². The lowest BCUT2D eigenvalue weighted by molar-refractivity contribution is -0.384. The predicted molar refractivity (Wildman–Crippen MR) is 122 cm³/mol. The van der Waals surface area contributed by atoms with E-state index in [-0.39, 0.29) is 18.7 Å². The minimum atomic E-state index is -4.24. The smallest absolute Gasteiger partial charge is 0.361 e. The Balaban J connectivity index is 1.68. The number of aromatic nitrogens is 3. The number of rotatable bonds is 8. The van der Waals surface area contributed by atoms with E-state index in [9.17, 15) is 37.7 Å². The minimum Gasteiger partial charge on any atom is -0.464 e. The summed E-state index contributed by atoms with van der Waals surface area (Å²) in [6.45, 7) is 0.174. The first-order valence-corrected chi connectivity index (χ1v) is 12.5. The number of carbonyl (C=O) groups is 4. The molecule has 0 spiro atoms. The summed E-state index contributed by atoms with van der Waals surface area (Å²) in [5.74, 6) is -3.75. The van der Waals surface area contributed by atoms with Crippen LogP contribution in [0.3, 0.4) is 0 Å². The van der Waals surface area contributed by atoms with Gasteiger partial charge in [-0.2, -0.15) is 0 Å². The number of hydrogen-bond acceptors (Lipinski definition) is 13. The number of benzene rings is 1. The molecule has 1 aromatic carbocycles. The van der Waals surface area contributed by atoms with Crippen LogP contribution in [0.4, 0.5) is 5.69 Å². The molecule has 38 heavy (non-hydrogen) atoms. The molecule has 17 heteroatoms. The van der Waals surface area contributed by atoms with E-state index in [1.54, 1.807) is 0 Å². The van der Waals surface area contributed by atoms with E-state index in [1.165, 1.54) is 31.2 Å².